The SMILES string of the molecule is CNc1ccc(C(=O)OCc2nc(C(C)C)no2)cc1[N+](=O)[O-]. The van der Waals surface area contributed by atoms with Crippen molar-refractivity contribution in [3.05, 3.63) is 45.6 Å². The molecule has 0 atom stereocenters. The van der Waals surface area contributed by atoms with Gasteiger partial charge in [0.2, 0.25) is 0 Å². The molecule has 0 saturated carbocycles. The van der Waals surface area contributed by atoms with Gasteiger partial charge in [-0.25, -0.2) is 4.79 Å². The Hall–Kier alpha value is -2.97. The van der Waals surface area contributed by atoms with Gasteiger partial charge in [-0.15, -0.1) is 0 Å². The van der Waals surface area contributed by atoms with Gasteiger partial charge in [0.1, 0.15) is 5.69 Å². The molecule has 0 unspecified atom stereocenters. The van der Waals surface area contributed by atoms with Crippen molar-refractivity contribution in [3.63, 3.8) is 0 Å². The van der Waals surface area contributed by atoms with Crippen LogP contribution in [-0.4, -0.2) is 28.1 Å². The molecule has 0 saturated heterocycles. The van der Waals surface area contributed by atoms with Crippen LogP contribution in [0.5, 0.6) is 0 Å². The van der Waals surface area contributed by atoms with Crippen LogP contribution >= 0.6 is 0 Å². The largest absolute Gasteiger partial charge is 0.452 e. The van der Waals surface area contributed by atoms with Gasteiger partial charge in [-0.05, 0) is 12.1 Å². The summed E-state index contributed by atoms with van der Waals surface area (Å²) in [5.74, 6) is 0.0773. The van der Waals surface area contributed by atoms with Crippen molar-refractivity contribution in [3.8, 4) is 0 Å². The minimum absolute atomic E-state index is 0.0688. The van der Waals surface area contributed by atoms with E-state index in [-0.39, 0.29) is 29.7 Å². The molecule has 1 aromatic heterocycles. The van der Waals surface area contributed by atoms with Crippen molar-refractivity contribution in [2.45, 2.75) is 26.4 Å². The van der Waals surface area contributed by atoms with E-state index in [1.54, 1.807) is 7.05 Å². The first kappa shape index (κ1) is 16.4. The van der Waals surface area contributed by atoms with Crippen LogP contribution in [0.4, 0.5) is 11.4 Å². The van der Waals surface area contributed by atoms with Crippen LogP contribution < -0.4 is 5.32 Å². The first-order valence-electron chi connectivity index (χ1n) is 6.88. The molecule has 122 valence electrons. The Bertz CT molecular complexity index is 726. The van der Waals surface area contributed by atoms with Crippen LogP contribution in [0.15, 0.2) is 22.7 Å². The molecule has 23 heavy (non-hydrogen) atoms. The summed E-state index contributed by atoms with van der Waals surface area (Å²) in [4.78, 5) is 26.5. The lowest BCUT2D eigenvalue weighted by molar-refractivity contribution is -0.384. The third-order valence-electron chi connectivity index (χ3n) is 3.03. The van der Waals surface area contributed by atoms with E-state index >= 15 is 0 Å². The molecule has 1 aromatic carbocycles. The molecule has 0 fully saturated rings. The van der Waals surface area contributed by atoms with Crippen LogP contribution in [0.1, 0.15) is 41.8 Å². The minimum atomic E-state index is -0.708. The molecule has 1 N–H and O–H groups in total. The van der Waals surface area contributed by atoms with Crippen LogP contribution in [-0.2, 0) is 11.3 Å². The third kappa shape index (κ3) is 3.82. The van der Waals surface area contributed by atoms with E-state index in [0.717, 1.165) is 6.07 Å². The fraction of sp³-hybridized carbons (Fsp3) is 0.357. The number of hydrogen-bond acceptors (Lipinski definition) is 8. The van der Waals surface area contributed by atoms with Gasteiger partial charge < -0.3 is 14.6 Å². The summed E-state index contributed by atoms with van der Waals surface area (Å²) in [7, 11) is 1.56. The normalized spacial score (nSPS) is 10.6. The predicted molar refractivity (Wildman–Crippen MR) is 80.1 cm³/mol. The molecule has 0 radical (unpaired) electrons. The molecular formula is C14H16N4O5. The summed E-state index contributed by atoms with van der Waals surface area (Å²) in [6.07, 6.45) is 0. The van der Waals surface area contributed by atoms with E-state index in [9.17, 15) is 14.9 Å². The Morgan fingerprint density at radius 1 is 1.48 bits per heavy atom. The maximum Gasteiger partial charge on any atom is 0.338 e. The number of aromatic nitrogens is 2. The number of nitro benzene ring substituents is 1. The standard InChI is InChI=1S/C14H16N4O5/c1-8(2)13-16-12(23-17-13)7-22-14(19)9-4-5-10(15-3)11(6-9)18(20)21/h4-6,8,15H,7H2,1-3H3. The van der Waals surface area contributed by atoms with Crippen molar-refractivity contribution in [2.24, 2.45) is 0 Å². The second kappa shape index (κ2) is 6.86. The number of benzene rings is 1. The number of nitrogens with zero attached hydrogens (tertiary/aromatic N) is 3. The summed E-state index contributed by atoms with van der Waals surface area (Å²) in [6.45, 7) is 3.62. The maximum absolute atomic E-state index is 12.0. The van der Waals surface area contributed by atoms with Gasteiger partial charge in [-0.2, -0.15) is 4.98 Å². The molecule has 0 aliphatic rings. The van der Waals surface area contributed by atoms with Gasteiger partial charge in [-0.3, -0.25) is 10.1 Å². The Balaban J connectivity index is 2.08. The zero-order chi connectivity index (χ0) is 17.0. The van der Waals surface area contributed by atoms with Crippen molar-refractivity contribution in [2.75, 3.05) is 12.4 Å². The Morgan fingerprint density at radius 2 is 2.22 bits per heavy atom. The molecule has 1 heterocycles. The molecule has 0 spiro atoms. The van der Waals surface area contributed by atoms with Crippen LogP contribution in [0.2, 0.25) is 0 Å². The van der Waals surface area contributed by atoms with E-state index in [1.165, 1.54) is 12.1 Å². The van der Waals surface area contributed by atoms with Gasteiger partial charge in [0.05, 0.1) is 10.5 Å². The van der Waals surface area contributed by atoms with Gasteiger partial charge in [0.15, 0.2) is 12.4 Å². The van der Waals surface area contributed by atoms with Gasteiger partial charge >= 0.3 is 5.97 Å². The lowest BCUT2D eigenvalue weighted by atomic mass is 10.1. The average Bonchev–Trinajstić information content (AvgIpc) is 3.01. The highest BCUT2D eigenvalue weighted by atomic mass is 16.6. The molecule has 2 rings (SSSR count). The number of ether oxygens (including phenoxy) is 1. The number of hydrogen-bond donors (Lipinski definition) is 1. The van der Waals surface area contributed by atoms with E-state index in [1.807, 2.05) is 13.8 Å². The summed E-state index contributed by atoms with van der Waals surface area (Å²) < 4.78 is 9.99. The highest BCUT2D eigenvalue weighted by molar-refractivity contribution is 5.91. The number of carbonyl (C=O) groups is 1. The Morgan fingerprint density at radius 3 is 2.78 bits per heavy atom. The minimum Gasteiger partial charge on any atom is -0.452 e. The van der Waals surface area contributed by atoms with Crippen LogP contribution in [0, 0.1) is 10.1 Å². The molecular weight excluding hydrogens is 304 g/mol. The molecule has 2 aromatic rings. The van der Waals surface area contributed by atoms with Gasteiger partial charge in [0, 0.05) is 19.0 Å². The number of nitrogens with one attached hydrogen (secondary N) is 1. The molecule has 0 aliphatic carbocycles. The average molecular weight is 320 g/mol. The van der Waals surface area contributed by atoms with E-state index in [4.69, 9.17) is 9.26 Å². The zero-order valence-electron chi connectivity index (χ0n) is 12.9. The highest BCUT2D eigenvalue weighted by Gasteiger charge is 2.18. The second-order valence-electron chi connectivity index (χ2n) is 5.02. The number of rotatable bonds is 6. The number of anilines is 1. The number of nitro groups is 1. The molecule has 0 aliphatic heterocycles. The summed E-state index contributed by atoms with van der Waals surface area (Å²) in [5, 5.41) is 17.4. The van der Waals surface area contributed by atoms with Crippen LogP contribution in [0.3, 0.4) is 0 Å². The molecule has 9 nitrogen and oxygen atoms in total. The second-order valence-corrected chi connectivity index (χ2v) is 5.02. The molecule has 9 heteroatoms. The Labute approximate surface area is 131 Å². The Kier molecular flexibility index (Phi) is 4.89. The quantitative estimate of drug-likeness (QED) is 0.489. The number of esters is 1. The maximum atomic E-state index is 12.0. The molecule has 0 amide bonds. The van der Waals surface area contributed by atoms with E-state index < -0.39 is 10.9 Å². The van der Waals surface area contributed by atoms with Crippen molar-refractivity contribution in [1.82, 2.24) is 10.1 Å². The zero-order valence-corrected chi connectivity index (χ0v) is 12.9. The monoisotopic (exact) mass is 320 g/mol. The summed E-state index contributed by atoms with van der Waals surface area (Å²) >= 11 is 0. The fourth-order valence-electron chi connectivity index (χ4n) is 1.79. The fourth-order valence-corrected chi connectivity index (χ4v) is 1.79. The first-order chi connectivity index (χ1) is 10.9. The van der Waals surface area contributed by atoms with Crippen molar-refractivity contribution >= 4 is 17.3 Å². The smallest absolute Gasteiger partial charge is 0.338 e. The predicted octanol–water partition coefficient (Wildman–Crippen LogP) is 2.50. The topological polar surface area (TPSA) is 120 Å². The molecule has 0 bridgehead atoms. The highest BCUT2D eigenvalue weighted by Crippen LogP contribution is 2.25. The lowest BCUT2D eigenvalue weighted by Crippen LogP contribution is -2.07. The summed E-state index contributed by atoms with van der Waals surface area (Å²) in [6, 6.07) is 4.04. The van der Waals surface area contributed by atoms with Crippen molar-refractivity contribution < 1.29 is 19.0 Å². The van der Waals surface area contributed by atoms with E-state index in [2.05, 4.69) is 15.5 Å². The summed E-state index contributed by atoms with van der Waals surface area (Å²) in [5.41, 5.74) is 0.172. The third-order valence-corrected chi connectivity index (χ3v) is 3.03. The van der Waals surface area contributed by atoms with Crippen molar-refractivity contribution in [1.29, 1.82) is 0 Å². The lowest BCUT2D eigenvalue weighted by Gasteiger charge is -2.05. The van der Waals surface area contributed by atoms with Crippen LogP contribution in [0.25, 0.3) is 0 Å². The van der Waals surface area contributed by atoms with E-state index in [0.29, 0.717) is 11.5 Å². The van der Waals surface area contributed by atoms with Gasteiger partial charge in [0.25, 0.3) is 11.6 Å². The first-order valence-corrected chi connectivity index (χ1v) is 6.88. The van der Waals surface area contributed by atoms with Gasteiger partial charge in [-0.1, -0.05) is 19.0 Å². The number of carbonyl (C=O) groups excluding carboxylic acids is 1.